The van der Waals surface area contributed by atoms with Gasteiger partial charge in [-0.2, -0.15) is 0 Å². The Balaban J connectivity index is 1.59. The van der Waals surface area contributed by atoms with E-state index in [1.54, 1.807) is 0 Å². The fraction of sp³-hybridized carbons (Fsp3) is 0.533. The Morgan fingerprint density at radius 1 is 1.21 bits per heavy atom. The lowest BCUT2D eigenvalue weighted by molar-refractivity contribution is -0.133. The summed E-state index contributed by atoms with van der Waals surface area (Å²) < 4.78 is 0. The molecule has 3 rings (SSSR count). The van der Waals surface area contributed by atoms with Crippen LogP contribution >= 0.6 is 12.6 Å². The molecule has 4 heteroatoms. The fourth-order valence-electron chi connectivity index (χ4n) is 3.12. The second kappa shape index (κ2) is 5.55. The number of nitrogens with zero attached hydrogens (tertiary/aromatic N) is 2. The molecule has 2 aliphatic heterocycles. The predicted octanol–water partition coefficient (Wildman–Crippen LogP) is 1.82. The molecule has 2 saturated heterocycles. The van der Waals surface area contributed by atoms with E-state index in [0.717, 1.165) is 30.1 Å². The van der Waals surface area contributed by atoms with Crippen LogP contribution in [0.3, 0.4) is 0 Å². The van der Waals surface area contributed by atoms with Crippen LogP contribution in [0.5, 0.6) is 0 Å². The summed E-state index contributed by atoms with van der Waals surface area (Å²) in [5, 5.41) is 0. The molecule has 102 valence electrons. The van der Waals surface area contributed by atoms with Crippen molar-refractivity contribution in [2.45, 2.75) is 30.2 Å². The molecule has 0 aliphatic carbocycles. The van der Waals surface area contributed by atoms with Crippen molar-refractivity contribution in [2.75, 3.05) is 26.2 Å². The molecule has 0 N–H and O–H groups in total. The quantitative estimate of drug-likeness (QED) is 0.833. The molecule has 1 aromatic rings. The van der Waals surface area contributed by atoms with Crippen LogP contribution in [-0.2, 0) is 11.2 Å². The van der Waals surface area contributed by atoms with Crippen LogP contribution in [-0.4, -0.2) is 47.9 Å². The van der Waals surface area contributed by atoms with Gasteiger partial charge in [-0.05, 0) is 37.1 Å². The maximum absolute atomic E-state index is 12.3. The lowest BCUT2D eigenvalue weighted by Gasteiger charge is -2.37. The second-order valence-electron chi connectivity index (χ2n) is 5.51. The van der Waals surface area contributed by atoms with Crippen molar-refractivity contribution in [3.63, 3.8) is 0 Å². The Morgan fingerprint density at radius 2 is 2.00 bits per heavy atom. The summed E-state index contributed by atoms with van der Waals surface area (Å²) in [4.78, 5) is 17.8. The molecular weight excluding hydrogens is 256 g/mol. The zero-order valence-electron chi connectivity index (χ0n) is 11.1. The summed E-state index contributed by atoms with van der Waals surface area (Å²) >= 11 is 4.26. The number of carbonyl (C=O) groups is 1. The summed E-state index contributed by atoms with van der Waals surface area (Å²) in [5.41, 5.74) is 1.08. The molecule has 1 aromatic carbocycles. The van der Waals surface area contributed by atoms with Crippen LogP contribution in [0, 0.1) is 0 Å². The number of amides is 1. The second-order valence-corrected chi connectivity index (χ2v) is 6.03. The highest BCUT2D eigenvalue weighted by molar-refractivity contribution is 7.80. The average Bonchev–Trinajstić information content (AvgIpc) is 2.88. The third kappa shape index (κ3) is 2.95. The van der Waals surface area contributed by atoms with Crippen LogP contribution in [0.15, 0.2) is 29.2 Å². The minimum Gasteiger partial charge on any atom is -0.340 e. The maximum atomic E-state index is 12.3. The standard InChI is InChI=1S/C15H20N2OS/c18-15(10-12-3-5-14(19)6-4-12)17-9-8-16-7-1-2-13(16)11-17/h3-6,13,19H,1-2,7-11H2. The van der Waals surface area contributed by atoms with Crippen molar-refractivity contribution >= 4 is 18.5 Å². The number of hydrogen-bond acceptors (Lipinski definition) is 3. The van der Waals surface area contributed by atoms with E-state index in [9.17, 15) is 4.79 Å². The van der Waals surface area contributed by atoms with E-state index in [2.05, 4.69) is 17.5 Å². The molecule has 2 fully saturated rings. The van der Waals surface area contributed by atoms with Gasteiger partial charge in [0.2, 0.25) is 5.91 Å². The molecule has 0 radical (unpaired) electrons. The van der Waals surface area contributed by atoms with Crippen molar-refractivity contribution in [3.8, 4) is 0 Å². The van der Waals surface area contributed by atoms with Crippen molar-refractivity contribution in [1.29, 1.82) is 0 Å². The Morgan fingerprint density at radius 3 is 2.79 bits per heavy atom. The molecule has 1 amide bonds. The summed E-state index contributed by atoms with van der Waals surface area (Å²) in [6, 6.07) is 8.48. The number of carbonyl (C=O) groups excluding carboxylic acids is 1. The third-order valence-electron chi connectivity index (χ3n) is 4.23. The highest BCUT2D eigenvalue weighted by Gasteiger charge is 2.32. The monoisotopic (exact) mass is 276 g/mol. The van der Waals surface area contributed by atoms with Crippen LogP contribution in [0.1, 0.15) is 18.4 Å². The van der Waals surface area contributed by atoms with E-state index in [-0.39, 0.29) is 5.91 Å². The van der Waals surface area contributed by atoms with Crippen LogP contribution in [0.25, 0.3) is 0 Å². The van der Waals surface area contributed by atoms with Crippen molar-refractivity contribution < 1.29 is 4.79 Å². The van der Waals surface area contributed by atoms with E-state index < -0.39 is 0 Å². The highest BCUT2D eigenvalue weighted by Crippen LogP contribution is 2.22. The topological polar surface area (TPSA) is 23.6 Å². The summed E-state index contributed by atoms with van der Waals surface area (Å²) in [6.45, 7) is 4.07. The molecule has 0 aromatic heterocycles. The number of piperazine rings is 1. The smallest absolute Gasteiger partial charge is 0.227 e. The Kier molecular flexibility index (Phi) is 3.80. The molecule has 0 bridgehead atoms. The molecule has 3 nitrogen and oxygen atoms in total. The zero-order valence-corrected chi connectivity index (χ0v) is 12.0. The number of fused-ring (bicyclic) bond motifs is 1. The van der Waals surface area contributed by atoms with Gasteiger partial charge in [-0.15, -0.1) is 12.6 Å². The van der Waals surface area contributed by atoms with Crippen LogP contribution in [0.4, 0.5) is 0 Å². The number of thiol groups is 1. The van der Waals surface area contributed by atoms with Gasteiger partial charge in [0.25, 0.3) is 0 Å². The van der Waals surface area contributed by atoms with Crippen molar-refractivity contribution in [3.05, 3.63) is 29.8 Å². The van der Waals surface area contributed by atoms with Gasteiger partial charge in [0.05, 0.1) is 6.42 Å². The van der Waals surface area contributed by atoms with Crippen molar-refractivity contribution in [1.82, 2.24) is 9.80 Å². The van der Waals surface area contributed by atoms with Gasteiger partial charge in [-0.1, -0.05) is 12.1 Å². The van der Waals surface area contributed by atoms with E-state index in [0.29, 0.717) is 12.5 Å². The lowest BCUT2D eigenvalue weighted by atomic mass is 10.1. The molecule has 1 atom stereocenters. The van der Waals surface area contributed by atoms with E-state index in [4.69, 9.17) is 0 Å². The number of hydrogen-bond donors (Lipinski definition) is 1. The van der Waals surface area contributed by atoms with E-state index in [1.807, 2.05) is 29.2 Å². The summed E-state index contributed by atoms with van der Waals surface area (Å²) in [7, 11) is 0. The van der Waals surface area contributed by atoms with Gasteiger partial charge in [0.1, 0.15) is 0 Å². The molecule has 0 saturated carbocycles. The van der Waals surface area contributed by atoms with Gasteiger partial charge in [0, 0.05) is 30.6 Å². The number of rotatable bonds is 2. The zero-order chi connectivity index (χ0) is 13.2. The van der Waals surface area contributed by atoms with Gasteiger partial charge >= 0.3 is 0 Å². The van der Waals surface area contributed by atoms with Gasteiger partial charge in [-0.25, -0.2) is 0 Å². The highest BCUT2D eigenvalue weighted by atomic mass is 32.1. The van der Waals surface area contributed by atoms with Crippen molar-refractivity contribution in [2.24, 2.45) is 0 Å². The number of benzene rings is 1. The first-order valence-corrected chi connectivity index (χ1v) is 7.47. The SMILES string of the molecule is O=C(Cc1ccc(S)cc1)N1CCN2CCCC2C1. The molecular formula is C15H20N2OS. The Labute approximate surface area is 120 Å². The van der Waals surface area contributed by atoms with Gasteiger partial charge < -0.3 is 4.90 Å². The largest absolute Gasteiger partial charge is 0.340 e. The van der Waals surface area contributed by atoms with Gasteiger partial charge in [0.15, 0.2) is 0 Å². The first-order chi connectivity index (χ1) is 9.22. The normalized spacial score (nSPS) is 23.4. The molecule has 2 aliphatic rings. The van der Waals surface area contributed by atoms with Crippen LogP contribution in [0.2, 0.25) is 0 Å². The van der Waals surface area contributed by atoms with E-state index >= 15 is 0 Å². The molecule has 2 heterocycles. The maximum Gasteiger partial charge on any atom is 0.227 e. The molecule has 0 spiro atoms. The minimum absolute atomic E-state index is 0.262. The van der Waals surface area contributed by atoms with Crippen LogP contribution < -0.4 is 0 Å². The van der Waals surface area contributed by atoms with E-state index in [1.165, 1.54) is 19.4 Å². The van der Waals surface area contributed by atoms with Gasteiger partial charge in [-0.3, -0.25) is 9.69 Å². The minimum atomic E-state index is 0.262. The molecule has 19 heavy (non-hydrogen) atoms. The average molecular weight is 276 g/mol. The predicted molar refractivity (Wildman–Crippen MR) is 78.6 cm³/mol. The first kappa shape index (κ1) is 13.0. The summed E-state index contributed by atoms with van der Waals surface area (Å²) in [6.07, 6.45) is 3.05. The fourth-order valence-corrected chi connectivity index (χ4v) is 3.27. The molecule has 1 unspecified atom stereocenters. The Bertz CT molecular complexity index is 460. The first-order valence-electron chi connectivity index (χ1n) is 7.02. The summed E-state index contributed by atoms with van der Waals surface area (Å²) in [5.74, 6) is 0.262. The lowest BCUT2D eigenvalue weighted by Crippen LogP contribution is -2.52. The Hall–Kier alpha value is -1.00. The third-order valence-corrected chi connectivity index (χ3v) is 4.53.